The fourth-order valence-corrected chi connectivity index (χ4v) is 4.31. The Kier molecular flexibility index (Phi) is 5.96. The van der Waals surface area contributed by atoms with Gasteiger partial charge in [0.15, 0.2) is 16.1 Å². The average molecular weight is 402 g/mol. The zero-order chi connectivity index (χ0) is 19.6. The quantitative estimate of drug-likeness (QED) is 0.605. The number of nitrogens with one attached hydrogen (secondary N) is 1. The van der Waals surface area contributed by atoms with E-state index in [4.69, 9.17) is 0 Å². The molecule has 3 rings (SSSR count). The largest absolute Gasteiger partial charge is 0.301 e. The summed E-state index contributed by atoms with van der Waals surface area (Å²) in [4.78, 5) is 16.8. The van der Waals surface area contributed by atoms with Crippen LogP contribution in [0, 0.1) is 13.8 Å². The van der Waals surface area contributed by atoms with Crippen molar-refractivity contribution in [2.24, 2.45) is 0 Å². The first-order valence-corrected chi connectivity index (χ1v) is 10.5. The summed E-state index contributed by atoms with van der Waals surface area (Å²) in [5.41, 5.74) is 3.10. The minimum absolute atomic E-state index is 0.0928. The van der Waals surface area contributed by atoms with Crippen molar-refractivity contribution in [3.63, 3.8) is 0 Å². The lowest BCUT2D eigenvalue weighted by atomic mass is 10.1. The smallest absolute Gasteiger partial charge is 0.239 e. The molecule has 1 aromatic carbocycles. The van der Waals surface area contributed by atoms with E-state index < -0.39 is 0 Å². The number of hydrogen-bond donors (Lipinski definition) is 1. The minimum atomic E-state index is -0.318. The van der Waals surface area contributed by atoms with E-state index in [1.165, 1.54) is 28.7 Å². The Morgan fingerprint density at radius 3 is 2.63 bits per heavy atom. The minimum Gasteiger partial charge on any atom is -0.301 e. The number of thiazole rings is 1. The van der Waals surface area contributed by atoms with Crippen LogP contribution in [0.5, 0.6) is 0 Å². The van der Waals surface area contributed by atoms with E-state index in [9.17, 15) is 4.79 Å². The molecular formula is C19H23N5OS2. The summed E-state index contributed by atoms with van der Waals surface area (Å²) in [6.07, 6.45) is 0. The van der Waals surface area contributed by atoms with Crippen molar-refractivity contribution in [1.82, 2.24) is 19.7 Å². The van der Waals surface area contributed by atoms with E-state index in [0.717, 1.165) is 22.2 Å². The number of amides is 1. The van der Waals surface area contributed by atoms with Gasteiger partial charge in [-0.15, -0.1) is 21.5 Å². The molecule has 0 unspecified atom stereocenters. The van der Waals surface area contributed by atoms with Gasteiger partial charge in [0.1, 0.15) is 0 Å². The molecule has 6 nitrogen and oxygen atoms in total. The molecule has 0 aliphatic heterocycles. The highest BCUT2D eigenvalue weighted by Crippen LogP contribution is 2.30. The van der Waals surface area contributed by atoms with Crippen LogP contribution in [-0.4, -0.2) is 30.9 Å². The lowest BCUT2D eigenvalue weighted by Gasteiger charge is -2.16. The maximum absolute atomic E-state index is 12.5. The van der Waals surface area contributed by atoms with E-state index in [-0.39, 0.29) is 17.2 Å². The van der Waals surface area contributed by atoms with Gasteiger partial charge in [0.05, 0.1) is 10.9 Å². The molecule has 27 heavy (non-hydrogen) atoms. The summed E-state index contributed by atoms with van der Waals surface area (Å²) in [5.74, 6) is 0.726. The summed E-state index contributed by atoms with van der Waals surface area (Å²) < 4.78 is 2.08. The van der Waals surface area contributed by atoms with Crippen molar-refractivity contribution in [1.29, 1.82) is 0 Å². The second-order valence-corrected chi connectivity index (χ2v) is 8.85. The van der Waals surface area contributed by atoms with E-state index in [2.05, 4.69) is 58.0 Å². The van der Waals surface area contributed by atoms with E-state index >= 15 is 0 Å². The van der Waals surface area contributed by atoms with Crippen LogP contribution in [0.2, 0.25) is 0 Å². The molecule has 0 spiro atoms. The lowest BCUT2D eigenvalue weighted by Crippen LogP contribution is -2.23. The first-order chi connectivity index (χ1) is 12.8. The van der Waals surface area contributed by atoms with Gasteiger partial charge in [-0.05, 0) is 40.7 Å². The molecule has 8 heteroatoms. The fraction of sp³-hybridized carbons (Fsp3) is 0.368. The highest BCUT2D eigenvalue weighted by Gasteiger charge is 2.22. The van der Waals surface area contributed by atoms with Crippen LogP contribution in [0.1, 0.15) is 38.1 Å². The molecule has 0 radical (unpaired) electrons. The van der Waals surface area contributed by atoms with Gasteiger partial charge in [0, 0.05) is 17.0 Å². The number of thioether (sulfide) groups is 1. The van der Waals surface area contributed by atoms with Gasteiger partial charge >= 0.3 is 0 Å². The molecular weight excluding hydrogens is 378 g/mol. The van der Waals surface area contributed by atoms with Crippen molar-refractivity contribution in [2.75, 3.05) is 5.32 Å². The molecule has 2 heterocycles. The maximum atomic E-state index is 12.5. The highest BCUT2D eigenvalue weighted by atomic mass is 32.2. The predicted molar refractivity (Wildman–Crippen MR) is 111 cm³/mol. The van der Waals surface area contributed by atoms with Crippen LogP contribution in [0.15, 0.2) is 34.8 Å². The van der Waals surface area contributed by atoms with Crippen molar-refractivity contribution in [3.05, 3.63) is 40.9 Å². The molecule has 1 N–H and O–H groups in total. The van der Waals surface area contributed by atoms with E-state index in [1.54, 1.807) is 0 Å². The van der Waals surface area contributed by atoms with E-state index in [1.807, 2.05) is 31.4 Å². The summed E-state index contributed by atoms with van der Waals surface area (Å²) in [6.45, 7) is 10.0. The molecule has 1 amide bonds. The molecule has 0 saturated carbocycles. The predicted octanol–water partition coefficient (Wildman–Crippen LogP) is 4.72. The number of benzene rings is 1. The molecule has 0 aliphatic rings. The Morgan fingerprint density at radius 2 is 2.00 bits per heavy atom. The zero-order valence-corrected chi connectivity index (χ0v) is 17.7. The van der Waals surface area contributed by atoms with Crippen molar-refractivity contribution in [3.8, 4) is 11.4 Å². The van der Waals surface area contributed by atoms with Crippen LogP contribution in [0.3, 0.4) is 0 Å². The summed E-state index contributed by atoms with van der Waals surface area (Å²) in [7, 11) is 0. The molecule has 0 bridgehead atoms. The fourth-order valence-electron chi connectivity index (χ4n) is 2.63. The average Bonchev–Trinajstić information content (AvgIpc) is 3.21. The third-order valence-electron chi connectivity index (χ3n) is 3.96. The van der Waals surface area contributed by atoms with Gasteiger partial charge in [-0.1, -0.05) is 35.5 Å². The number of carbonyl (C=O) groups is 1. The number of aryl methyl sites for hydroxylation is 2. The van der Waals surface area contributed by atoms with Gasteiger partial charge in [-0.2, -0.15) is 0 Å². The Hall–Kier alpha value is -2.19. The second-order valence-electron chi connectivity index (χ2n) is 6.68. The number of anilines is 1. The number of rotatable bonds is 6. The second kappa shape index (κ2) is 8.22. The van der Waals surface area contributed by atoms with Gasteiger partial charge in [0.25, 0.3) is 0 Å². The monoisotopic (exact) mass is 401 g/mol. The highest BCUT2D eigenvalue weighted by molar-refractivity contribution is 8.00. The Balaban J connectivity index is 1.81. The third kappa shape index (κ3) is 4.56. The normalized spacial score (nSPS) is 12.4. The van der Waals surface area contributed by atoms with Crippen molar-refractivity contribution < 1.29 is 4.79 Å². The molecule has 0 fully saturated rings. The Morgan fingerprint density at radius 1 is 1.22 bits per heavy atom. The first kappa shape index (κ1) is 19.6. The Labute approximate surface area is 167 Å². The molecule has 2 aromatic heterocycles. The standard InChI is InChI=1S/C19H23N5OS2/c1-11(2)24-16(15-8-6-7-12(3)9-15)22-23-19(24)27-14(5)17(25)21-18-20-13(4)10-26-18/h6-11,14H,1-5H3,(H,20,21,25)/t14-/m1/s1. The van der Waals surface area contributed by atoms with Gasteiger partial charge < -0.3 is 5.32 Å². The molecule has 3 aromatic rings. The topological polar surface area (TPSA) is 72.7 Å². The van der Waals surface area contributed by atoms with Crippen LogP contribution in [-0.2, 0) is 4.79 Å². The molecule has 0 saturated heterocycles. The number of carbonyl (C=O) groups excluding carboxylic acids is 1. The van der Waals surface area contributed by atoms with Crippen LogP contribution >= 0.6 is 23.1 Å². The van der Waals surface area contributed by atoms with Gasteiger partial charge in [0.2, 0.25) is 5.91 Å². The third-order valence-corrected chi connectivity index (χ3v) is 5.89. The maximum Gasteiger partial charge on any atom is 0.239 e. The first-order valence-electron chi connectivity index (χ1n) is 8.76. The Bertz CT molecular complexity index is 947. The lowest BCUT2D eigenvalue weighted by molar-refractivity contribution is -0.115. The number of aromatic nitrogens is 4. The number of nitrogens with zero attached hydrogens (tertiary/aromatic N) is 4. The van der Waals surface area contributed by atoms with Crippen LogP contribution in [0.4, 0.5) is 5.13 Å². The summed E-state index contributed by atoms with van der Waals surface area (Å²) in [6, 6.07) is 8.38. The molecule has 1 atom stereocenters. The van der Waals surface area contributed by atoms with Crippen molar-refractivity contribution >= 4 is 34.1 Å². The SMILES string of the molecule is Cc1cccc(-c2nnc(S[C@H](C)C(=O)Nc3nc(C)cs3)n2C(C)C)c1. The van der Waals surface area contributed by atoms with Crippen molar-refractivity contribution in [2.45, 2.75) is 51.1 Å². The van der Waals surface area contributed by atoms with E-state index in [0.29, 0.717) is 5.13 Å². The number of hydrogen-bond acceptors (Lipinski definition) is 6. The summed E-state index contributed by atoms with van der Waals surface area (Å²) in [5, 5.41) is 14.6. The van der Waals surface area contributed by atoms with Gasteiger partial charge in [-0.3, -0.25) is 9.36 Å². The molecule has 142 valence electrons. The van der Waals surface area contributed by atoms with Crippen LogP contribution in [0.25, 0.3) is 11.4 Å². The van der Waals surface area contributed by atoms with Gasteiger partial charge in [-0.25, -0.2) is 4.98 Å². The van der Waals surface area contributed by atoms with Crippen LogP contribution < -0.4 is 5.32 Å². The zero-order valence-electron chi connectivity index (χ0n) is 16.1. The summed E-state index contributed by atoms with van der Waals surface area (Å²) >= 11 is 2.83. The molecule has 0 aliphatic carbocycles.